The first-order valence-electron chi connectivity index (χ1n) is 7.79. The molecule has 3 atom stereocenters. The number of amides is 1. The van der Waals surface area contributed by atoms with E-state index in [0.29, 0.717) is 5.92 Å². The normalized spacial score (nSPS) is 23.2. The molecule has 1 aliphatic rings. The molecule has 0 aliphatic heterocycles. The summed E-state index contributed by atoms with van der Waals surface area (Å²) in [6, 6.07) is 4.02. The standard InChI is InChI=1S/C17H23NO3S/c1-12-6-3-4-8-15(12)18-17(20)13(2)21-16(19)10-9-14-7-5-11-22-14/h5,7,9-13,15H,3-4,6,8H2,1-2H3,(H,18,20)/b10-9+. The highest BCUT2D eigenvalue weighted by Gasteiger charge is 2.25. The van der Waals surface area contributed by atoms with Crippen molar-refractivity contribution >= 4 is 29.3 Å². The Labute approximate surface area is 135 Å². The van der Waals surface area contributed by atoms with Gasteiger partial charge >= 0.3 is 5.97 Å². The Morgan fingerprint density at radius 3 is 2.86 bits per heavy atom. The minimum Gasteiger partial charge on any atom is -0.449 e. The summed E-state index contributed by atoms with van der Waals surface area (Å²) >= 11 is 1.54. The number of ether oxygens (including phenoxy) is 1. The van der Waals surface area contributed by atoms with Gasteiger partial charge in [0.1, 0.15) is 0 Å². The molecule has 2 rings (SSSR count). The van der Waals surface area contributed by atoms with Gasteiger partial charge in [0.25, 0.3) is 5.91 Å². The average molecular weight is 321 g/mol. The highest BCUT2D eigenvalue weighted by molar-refractivity contribution is 7.10. The first kappa shape index (κ1) is 16.7. The largest absolute Gasteiger partial charge is 0.449 e. The van der Waals surface area contributed by atoms with E-state index in [0.717, 1.165) is 24.1 Å². The zero-order chi connectivity index (χ0) is 15.9. The summed E-state index contributed by atoms with van der Waals surface area (Å²) in [5.41, 5.74) is 0. The van der Waals surface area contributed by atoms with Crippen molar-refractivity contribution in [3.05, 3.63) is 28.5 Å². The number of esters is 1. The number of rotatable bonds is 5. The van der Waals surface area contributed by atoms with Crippen LogP contribution in [0.1, 0.15) is 44.4 Å². The average Bonchev–Trinajstić information content (AvgIpc) is 3.00. The maximum absolute atomic E-state index is 12.1. The van der Waals surface area contributed by atoms with Gasteiger partial charge in [-0.15, -0.1) is 11.3 Å². The fourth-order valence-corrected chi connectivity index (χ4v) is 3.25. The first-order chi connectivity index (χ1) is 10.6. The molecular formula is C17H23NO3S. The molecule has 0 spiro atoms. The number of thiophene rings is 1. The van der Waals surface area contributed by atoms with Gasteiger partial charge in [0.15, 0.2) is 6.10 Å². The molecule has 0 bridgehead atoms. The zero-order valence-electron chi connectivity index (χ0n) is 13.1. The summed E-state index contributed by atoms with van der Waals surface area (Å²) in [7, 11) is 0. The number of carbonyl (C=O) groups excluding carboxylic acids is 2. The van der Waals surface area contributed by atoms with Crippen LogP contribution in [0.2, 0.25) is 0 Å². The smallest absolute Gasteiger partial charge is 0.331 e. The van der Waals surface area contributed by atoms with Gasteiger partial charge in [0.2, 0.25) is 0 Å². The van der Waals surface area contributed by atoms with Crippen molar-refractivity contribution in [1.82, 2.24) is 5.32 Å². The molecule has 0 saturated heterocycles. The molecule has 1 aliphatic carbocycles. The van der Waals surface area contributed by atoms with Gasteiger partial charge in [-0.2, -0.15) is 0 Å². The van der Waals surface area contributed by atoms with Crippen LogP contribution in [-0.2, 0) is 14.3 Å². The number of nitrogens with one attached hydrogen (secondary N) is 1. The number of carbonyl (C=O) groups is 2. The van der Waals surface area contributed by atoms with Crippen LogP contribution >= 0.6 is 11.3 Å². The molecule has 1 heterocycles. The molecular weight excluding hydrogens is 298 g/mol. The molecule has 0 aromatic carbocycles. The quantitative estimate of drug-likeness (QED) is 0.668. The van der Waals surface area contributed by atoms with E-state index in [9.17, 15) is 9.59 Å². The Morgan fingerprint density at radius 2 is 2.18 bits per heavy atom. The summed E-state index contributed by atoms with van der Waals surface area (Å²) in [6.07, 6.45) is 6.81. The predicted molar refractivity (Wildman–Crippen MR) is 88.5 cm³/mol. The molecule has 1 amide bonds. The maximum Gasteiger partial charge on any atom is 0.331 e. The topological polar surface area (TPSA) is 55.4 Å². The molecule has 22 heavy (non-hydrogen) atoms. The molecule has 4 nitrogen and oxygen atoms in total. The van der Waals surface area contributed by atoms with Crippen molar-refractivity contribution in [3.63, 3.8) is 0 Å². The van der Waals surface area contributed by atoms with E-state index in [-0.39, 0.29) is 11.9 Å². The molecule has 1 saturated carbocycles. The van der Waals surface area contributed by atoms with E-state index in [1.165, 1.54) is 23.8 Å². The zero-order valence-corrected chi connectivity index (χ0v) is 13.9. The molecule has 1 fully saturated rings. The Kier molecular flexibility index (Phi) is 6.19. The van der Waals surface area contributed by atoms with Crippen LogP contribution in [0.25, 0.3) is 6.08 Å². The van der Waals surface area contributed by atoms with Crippen molar-refractivity contribution < 1.29 is 14.3 Å². The Balaban J connectivity index is 1.79. The molecule has 120 valence electrons. The van der Waals surface area contributed by atoms with Gasteiger partial charge in [0.05, 0.1) is 0 Å². The second kappa shape index (κ2) is 8.13. The molecule has 1 N–H and O–H groups in total. The molecule has 1 aromatic rings. The van der Waals surface area contributed by atoms with Gasteiger partial charge in [0, 0.05) is 17.0 Å². The third-order valence-electron chi connectivity index (χ3n) is 4.03. The third kappa shape index (κ3) is 4.98. The summed E-state index contributed by atoms with van der Waals surface area (Å²) in [6.45, 7) is 3.77. The predicted octanol–water partition coefficient (Wildman–Crippen LogP) is 3.39. The van der Waals surface area contributed by atoms with Crippen molar-refractivity contribution in [2.75, 3.05) is 0 Å². The van der Waals surface area contributed by atoms with Crippen molar-refractivity contribution in [3.8, 4) is 0 Å². The van der Waals surface area contributed by atoms with Gasteiger partial charge in [-0.05, 0) is 43.2 Å². The van der Waals surface area contributed by atoms with E-state index in [4.69, 9.17) is 4.74 Å². The molecule has 0 radical (unpaired) electrons. The van der Waals surface area contributed by atoms with Crippen LogP contribution in [0.15, 0.2) is 23.6 Å². The van der Waals surface area contributed by atoms with Crippen molar-refractivity contribution in [2.45, 2.75) is 51.7 Å². The molecule has 5 heteroatoms. The number of hydrogen-bond acceptors (Lipinski definition) is 4. The van der Waals surface area contributed by atoms with Gasteiger partial charge in [-0.1, -0.05) is 25.8 Å². The lowest BCUT2D eigenvalue weighted by atomic mass is 9.86. The van der Waals surface area contributed by atoms with Crippen LogP contribution in [-0.4, -0.2) is 24.0 Å². The summed E-state index contributed by atoms with van der Waals surface area (Å²) in [5.74, 6) is -0.219. The first-order valence-corrected chi connectivity index (χ1v) is 8.67. The van der Waals surface area contributed by atoms with Crippen LogP contribution < -0.4 is 5.32 Å². The lowest BCUT2D eigenvalue weighted by Crippen LogP contribution is -2.45. The van der Waals surface area contributed by atoms with Gasteiger partial charge < -0.3 is 10.1 Å². The highest BCUT2D eigenvalue weighted by Crippen LogP contribution is 2.23. The minimum atomic E-state index is -0.769. The fourth-order valence-electron chi connectivity index (χ4n) is 2.63. The Morgan fingerprint density at radius 1 is 1.41 bits per heavy atom. The lowest BCUT2D eigenvalue weighted by molar-refractivity contribution is -0.150. The van der Waals surface area contributed by atoms with E-state index in [1.807, 2.05) is 17.5 Å². The van der Waals surface area contributed by atoms with E-state index in [1.54, 1.807) is 13.0 Å². The molecule has 3 unspecified atom stereocenters. The third-order valence-corrected chi connectivity index (χ3v) is 4.87. The van der Waals surface area contributed by atoms with Crippen LogP contribution in [0.5, 0.6) is 0 Å². The summed E-state index contributed by atoms with van der Waals surface area (Å²) in [5, 5.41) is 4.94. The Bertz CT molecular complexity index is 524. The van der Waals surface area contributed by atoms with Crippen molar-refractivity contribution in [2.24, 2.45) is 5.92 Å². The summed E-state index contributed by atoms with van der Waals surface area (Å²) in [4.78, 5) is 24.8. The lowest BCUT2D eigenvalue weighted by Gasteiger charge is -2.30. The van der Waals surface area contributed by atoms with Crippen molar-refractivity contribution in [1.29, 1.82) is 0 Å². The SMILES string of the molecule is CC(OC(=O)/C=C/c1cccs1)C(=O)NC1CCCCC1C. The van der Waals surface area contributed by atoms with Crippen LogP contribution in [0.3, 0.4) is 0 Å². The van der Waals surface area contributed by atoms with E-state index < -0.39 is 12.1 Å². The monoisotopic (exact) mass is 321 g/mol. The summed E-state index contributed by atoms with van der Waals surface area (Å²) < 4.78 is 5.15. The minimum absolute atomic E-state index is 0.198. The fraction of sp³-hybridized carbons (Fsp3) is 0.529. The second-order valence-electron chi connectivity index (χ2n) is 5.80. The van der Waals surface area contributed by atoms with E-state index >= 15 is 0 Å². The van der Waals surface area contributed by atoms with Gasteiger partial charge in [-0.25, -0.2) is 4.79 Å². The Hall–Kier alpha value is -1.62. The maximum atomic E-state index is 12.1. The highest BCUT2D eigenvalue weighted by atomic mass is 32.1. The van der Waals surface area contributed by atoms with E-state index in [2.05, 4.69) is 12.2 Å². The second-order valence-corrected chi connectivity index (χ2v) is 6.78. The van der Waals surface area contributed by atoms with Crippen LogP contribution in [0.4, 0.5) is 0 Å². The molecule has 1 aromatic heterocycles. The van der Waals surface area contributed by atoms with Crippen LogP contribution in [0, 0.1) is 5.92 Å². The number of hydrogen-bond donors (Lipinski definition) is 1. The van der Waals surface area contributed by atoms with Gasteiger partial charge in [-0.3, -0.25) is 4.79 Å².